The minimum Gasteiger partial charge on any atom is -0.497 e. The predicted octanol–water partition coefficient (Wildman–Crippen LogP) is 2.98. The summed E-state index contributed by atoms with van der Waals surface area (Å²) < 4.78 is 20.3. The normalized spacial score (nSPS) is 11.7. The number of hydrogen-bond acceptors (Lipinski definition) is 9. The highest BCUT2D eigenvalue weighted by Gasteiger charge is 2.39. The van der Waals surface area contributed by atoms with Crippen molar-refractivity contribution in [2.45, 2.75) is 26.3 Å². The second kappa shape index (κ2) is 11.6. The van der Waals surface area contributed by atoms with Crippen LogP contribution in [-0.2, 0) is 4.79 Å². The van der Waals surface area contributed by atoms with Gasteiger partial charge in [0.1, 0.15) is 22.1 Å². The number of benzene rings is 1. The van der Waals surface area contributed by atoms with E-state index in [0.29, 0.717) is 29.7 Å². The van der Waals surface area contributed by atoms with Crippen LogP contribution in [0, 0.1) is 5.92 Å². The van der Waals surface area contributed by atoms with Gasteiger partial charge in [-0.1, -0.05) is 13.8 Å². The maximum Gasteiger partial charge on any atom is 0.273 e. The first-order valence-electron chi connectivity index (χ1n) is 11.1. The van der Waals surface area contributed by atoms with Crippen molar-refractivity contribution in [2.75, 3.05) is 31.4 Å². The van der Waals surface area contributed by atoms with E-state index in [9.17, 15) is 14.4 Å². The molecule has 1 aromatic carbocycles. The van der Waals surface area contributed by atoms with E-state index in [1.54, 1.807) is 30.3 Å². The summed E-state index contributed by atoms with van der Waals surface area (Å²) in [7, 11) is 2.92. The second-order valence-electron chi connectivity index (χ2n) is 8.24. The smallest absolute Gasteiger partial charge is 0.273 e. The third-order valence-corrected chi connectivity index (χ3v) is 6.21. The van der Waals surface area contributed by atoms with Crippen molar-refractivity contribution in [1.29, 1.82) is 0 Å². The molecule has 0 saturated heterocycles. The molecule has 0 fully saturated rings. The number of carbonyl (C=O) groups excluding carboxylic acids is 3. The van der Waals surface area contributed by atoms with E-state index in [-0.39, 0.29) is 33.5 Å². The van der Waals surface area contributed by atoms with Gasteiger partial charge in [-0.3, -0.25) is 19.3 Å². The van der Waals surface area contributed by atoms with Gasteiger partial charge in [0, 0.05) is 12.6 Å². The molecule has 2 heterocycles. The molecular formula is C24H29N5O6S. The molecule has 0 bridgehead atoms. The molecule has 0 spiro atoms. The largest absolute Gasteiger partial charge is 0.497 e. The lowest BCUT2D eigenvalue weighted by Gasteiger charge is -2.31. The Morgan fingerprint density at radius 2 is 1.94 bits per heavy atom. The first kappa shape index (κ1) is 26.5. The standard InChI is InChI=1S/C24H29N5O6S/c1-13(2)9-10-27-23(31)20(16-6-5-11-35-16)29(15-8-7-14(33-3)12-17(15)34-4)24(32)21-18(25)19(22(26)30)28-36-21/h5-8,11-13,20H,9-10,25H2,1-4H3,(H2,26,30)(H,27,31). The second-order valence-corrected chi connectivity index (χ2v) is 9.02. The molecule has 1 unspecified atom stereocenters. The van der Waals surface area contributed by atoms with Gasteiger partial charge in [0.2, 0.25) is 0 Å². The van der Waals surface area contributed by atoms with Crippen LogP contribution < -0.4 is 31.2 Å². The van der Waals surface area contributed by atoms with Crippen LogP contribution >= 0.6 is 11.5 Å². The molecule has 1 atom stereocenters. The zero-order chi connectivity index (χ0) is 26.4. The summed E-state index contributed by atoms with van der Waals surface area (Å²) in [6, 6.07) is 6.76. The number of furan rings is 1. The molecule has 0 saturated carbocycles. The van der Waals surface area contributed by atoms with Crippen LogP contribution in [0.15, 0.2) is 41.0 Å². The molecule has 11 nitrogen and oxygen atoms in total. The number of amides is 3. The van der Waals surface area contributed by atoms with Gasteiger partial charge < -0.3 is 30.7 Å². The molecule has 192 valence electrons. The average Bonchev–Trinajstić information content (AvgIpc) is 3.51. The lowest BCUT2D eigenvalue weighted by atomic mass is 10.1. The van der Waals surface area contributed by atoms with E-state index in [1.165, 1.54) is 25.4 Å². The van der Waals surface area contributed by atoms with Gasteiger partial charge in [-0.15, -0.1) is 0 Å². The number of methoxy groups -OCH3 is 2. The molecule has 0 aliphatic rings. The van der Waals surface area contributed by atoms with Gasteiger partial charge in [-0.05, 0) is 48.1 Å². The molecule has 36 heavy (non-hydrogen) atoms. The van der Waals surface area contributed by atoms with Crippen molar-refractivity contribution in [2.24, 2.45) is 11.7 Å². The highest BCUT2D eigenvalue weighted by atomic mass is 32.1. The number of primary amides is 1. The molecule has 3 amide bonds. The van der Waals surface area contributed by atoms with Crippen LogP contribution in [-0.4, -0.2) is 42.9 Å². The average molecular weight is 516 g/mol. The van der Waals surface area contributed by atoms with Crippen molar-refractivity contribution >= 4 is 40.6 Å². The van der Waals surface area contributed by atoms with Gasteiger partial charge >= 0.3 is 0 Å². The Bertz CT molecular complexity index is 1220. The number of nitrogens with two attached hydrogens (primary N) is 2. The maximum atomic E-state index is 14.0. The van der Waals surface area contributed by atoms with E-state index in [1.807, 2.05) is 13.8 Å². The minimum atomic E-state index is -1.24. The third-order valence-electron chi connectivity index (χ3n) is 5.36. The topological polar surface area (TPSA) is 163 Å². The number of nitrogen functional groups attached to an aromatic ring is 1. The number of ether oxygens (including phenoxy) is 2. The van der Waals surface area contributed by atoms with Crippen molar-refractivity contribution in [3.63, 3.8) is 0 Å². The predicted molar refractivity (Wildman–Crippen MR) is 135 cm³/mol. The van der Waals surface area contributed by atoms with Gasteiger partial charge in [0.25, 0.3) is 17.7 Å². The Kier molecular flexibility index (Phi) is 8.54. The van der Waals surface area contributed by atoms with E-state index in [4.69, 9.17) is 25.4 Å². The zero-order valence-corrected chi connectivity index (χ0v) is 21.3. The Balaban J connectivity index is 2.19. The molecule has 5 N–H and O–H groups in total. The summed E-state index contributed by atoms with van der Waals surface area (Å²) in [5.74, 6) is -0.737. The van der Waals surface area contributed by atoms with E-state index < -0.39 is 23.8 Å². The highest BCUT2D eigenvalue weighted by molar-refractivity contribution is 7.09. The minimum absolute atomic E-state index is 0.0618. The zero-order valence-electron chi connectivity index (χ0n) is 20.4. The maximum absolute atomic E-state index is 14.0. The molecule has 2 aromatic heterocycles. The summed E-state index contributed by atoms with van der Waals surface area (Å²) in [6.45, 7) is 4.47. The molecule has 3 rings (SSSR count). The number of anilines is 2. The van der Waals surface area contributed by atoms with Gasteiger partial charge in [0.05, 0.1) is 31.9 Å². The molecule has 3 aromatic rings. The summed E-state index contributed by atoms with van der Waals surface area (Å²) >= 11 is 0.710. The number of nitrogens with zero attached hydrogens (tertiary/aromatic N) is 2. The Hall–Kier alpha value is -4.06. The first-order valence-corrected chi connectivity index (χ1v) is 11.9. The number of hydrogen-bond donors (Lipinski definition) is 3. The van der Waals surface area contributed by atoms with E-state index >= 15 is 0 Å². The number of aromatic nitrogens is 1. The monoisotopic (exact) mass is 515 g/mol. The van der Waals surface area contributed by atoms with Crippen LogP contribution in [0.3, 0.4) is 0 Å². The molecule has 0 aliphatic carbocycles. The first-order chi connectivity index (χ1) is 17.2. The molecule has 12 heteroatoms. The van der Waals surface area contributed by atoms with Crippen LogP contribution in [0.25, 0.3) is 0 Å². The fourth-order valence-electron chi connectivity index (χ4n) is 3.49. The highest BCUT2D eigenvalue weighted by Crippen LogP contribution is 2.39. The van der Waals surface area contributed by atoms with Gasteiger partial charge in [-0.25, -0.2) is 0 Å². The van der Waals surface area contributed by atoms with Crippen LogP contribution in [0.5, 0.6) is 11.5 Å². The van der Waals surface area contributed by atoms with Crippen LogP contribution in [0.2, 0.25) is 0 Å². The summed E-state index contributed by atoms with van der Waals surface area (Å²) in [5.41, 5.74) is 11.3. The van der Waals surface area contributed by atoms with Crippen LogP contribution in [0.4, 0.5) is 11.4 Å². The van der Waals surface area contributed by atoms with Crippen molar-refractivity contribution in [1.82, 2.24) is 9.69 Å². The lowest BCUT2D eigenvalue weighted by Crippen LogP contribution is -2.44. The number of rotatable bonds is 11. The van der Waals surface area contributed by atoms with Gasteiger partial charge in [-0.2, -0.15) is 4.37 Å². The summed E-state index contributed by atoms with van der Waals surface area (Å²) in [5, 5.41) is 2.88. The van der Waals surface area contributed by atoms with Gasteiger partial charge in [0.15, 0.2) is 11.7 Å². The number of carbonyl (C=O) groups is 3. The summed E-state index contributed by atoms with van der Waals surface area (Å²) in [6.07, 6.45) is 2.14. The van der Waals surface area contributed by atoms with E-state index in [2.05, 4.69) is 9.69 Å². The van der Waals surface area contributed by atoms with Crippen molar-refractivity contribution in [3.8, 4) is 11.5 Å². The fraction of sp³-hybridized carbons (Fsp3) is 0.333. The summed E-state index contributed by atoms with van der Waals surface area (Å²) in [4.78, 5) is 40.4. The SMILES string of the molecule is COc1ccc(N(C(=O)c2snc(C(N)=O)c2N)C(C(=O)NCCC(C)C)c2ccco2)c(OC)c1. The Morgan fingerprint density at radius 3 is 2.50 bits per heavy atom. The Morgan fingerprint density at radius 1 is 1.19 bits per heavy atom. The van der Waals surface area contributed by atoms with E-state index in [0.717, 1.165) is 6.42 Å². The molecular weight excluding hydrogens is 486 g/mol. The third kappa shape index (κ3) is 5.60. The van der Waals surface area contributed by atoms with Crippen LogP contribution in [0.1, 0.15) is 52.2 Å². The lowest BCUT2D eigenvalue weighted by molar-refractivity contribution is -0.122. The quantitative estimate of drug-likeness (QED) is 0.351. The van der Waals surface area contributed by atoms with Crippen molar-refractivity contribution in [3.05, 3.63) is 52.9 Å². The number of nitrogens with one attached hydrogen (secondary N) is 1. The molecule has 0 aliphatic heterocycles. The van der Waals surface area contributed by atoms with Crippen molar-refractivity contribution < 1.29 is 28.3 Å². The Labute approximate surface area is 212 Å². The fourth-order valence-corrected chi connectivity index (χ4v) is 4.23. The molecule has 0 radical (unpaired) electrons.